The molecule has 1 heterocycles. The summed E-state index contributed by atoms with van der Waals surface area (Å²) >= 11 is 0. The van der Waals surface area contributed by atoms with E-state index in [-0.39, 0.29) is 35.6 Å². The summed E-state index contributed by atoms with van der Waals surface area (Å²) in [7, 11) is 1.44. The maximum atomic E-state index is 11.7. The van der Waals surface area contributed by atoms with Crippen molar-refractivity contribution >= 4 is 36.0 Å². The lowest BCUT2D eigenvalue weighted by Crippen LogP contribution is -2.51. The van der Waals surface area contributed by atoms with E-state index < -0.39 is 0 Å². The van der Waals surface area contributed by atoms with E-state index in [0.29, 0.717) is 25.2 Å². The van der Waals surface area contributed by atoms with Gasteiger partial charge in [-0.3, -0.25) is 4.99 Å². The molecule has 2 aliphatic rings. The number of piperidine rings is 1. The van der Waals surface area contributed by atoms with Gasteiger partial charge in [-0.05, 0) is 45.1 Å². The van der Waals surface area contributed by atoms with Gasteiger partial charge in [0.25, 0.3) is 0 Å². The Morgan fingerprint density at radius 2 is 1.88 bits per heavy atom. The number of hydrogen-bond donors (Lipinski definition) is 3. The van der Waals surface area contributed by atoms with Crippen LogP contribution in [0.4, 0.5) is 4.79 Å². The monoisotopic (exact) mass is 557 g/mol. The first-order valence-electron chi connectivity index (χ1n) is 11.8. The SMILES string of the molecule is CCNC(=NCC1(NC(C)c2ccccc2)CCCC1)NC1CCN(C(=O)OC)CC1.I. The van der Waals surface area contributed by atoms with E-state index in [2.05, 4.69) is 60.1 Å². The number of guanidine groups is 1. The quantitative estimate of drug-likeness (QED) is 0.268. The first kappa shape index (κ1) is 26.7. The van der Waals surface area contributed by atoms with E-state index in [1.165, 1.54) is 25.5 Å². The Balaban J connectivity index is 0.00000363. The Kier molecular flexibility index (Phi) is 11.0. The molecule has 1 saturated carbocycles. The Labute approximate surface area is 210 Å². The number of hydrogen-bond acceptors (Lipinski definition) is 4. The third-order valence-corrected chi connectivity index (χ3v) is 6.54. The molecule has 180 valence electrons. The molecule has 1 unspecified atom stereocenters. The van der Waals surface area contributed by atoms with E-state index in [9.17, 15) is 4.79 Å². The highest BCUT2D eigenvalue weighted by molar-refractivity contribution is 14.0. The van der Waals surface area contributed by atoms with Gasteiger partial charge >= 0.3 is 6.09 Å². The number of benzene rings is 1. The van der Waals surface area contributed by atoms with Gasteiger partial charge in [-0.15, -0.1) is 24.0 Å². The van der Waals surface area contributed by atoms with E-state index >= 15 is 0 Å². The van der Waals surface area contributed by atoms with E-state index in [1.807, 2.05) is 0 Å². The highest BCUT2D eigenvalue weighted by Gasteiger charge is 2.35. The predicted octanol–water partition coefficient (Wildman–Crippen LogP) is 4.05. The van der Waals surface area contributed by atoms with Crippen molar-refractivity contribution in [2.24, 2.45) is 4.99 Å². The second kappa shape index (κ2) is 13.2. The Bertz CT molecular complexity index is 716. The van der Waals surface area contributed by atoms with Crippen LogP contribution in [-0.4, -0.2) is 61.8 Å². The number of nitrogens with one attached hydrogen (secondary N) is 3. The molecule has 0 spiro atoms. The van der Waals surface area contributed by atoms with Crippen molar-refractivity contribution in [3.63, 3.8) is 0 Å². The number of nitrogens with zero attached hydrogens (tertiary/aromatic N) is 2. The maximum absolute atomic E-state index is 11.7. The molecule has 2 fully saturated rings. The molecule has 7 nitrogen and oxygen atoms in total. The fourth-order valence-electron chi connectivity index (χ4n) is 4.76. The zero-order chi connectivity index (χ0) is 22.1. The standard InChI is InChI=1S/C24H39N5O2.HI/c1-4-25-22(27-21-12-16-29(17-13-21)23(30)31-3)26-18-24(14-8-9-15-24)28-19(2)20-10-6-5-7-11-20;/h5-7,10-11,19,21,28H,4,8-9,12-18H2,1-3H3,(H2,25,26,27);1H. The van der Waals surface area contributed by atoms with Crippen LogP contribution in [0.15, 0.2) is 35.3 Å². The second-order valence-corrected chi connectivity index (χ2v) is 8.84. The van der Waals surface area contributed by atoms with Gasteiger partial charge in [0.05, 0.1) is 13.7 Å². The highest BCUT2D eigenvalue weighted by atomic mass is 127. The number of carbonyl (C=O) groups excluding carboxylic acids is 1. The van der Waals surface area contributed by atoms with Crippen LogP contribution >= 0.6 is 24.0 Å². The normalized spacial score (nSPS) is 19.7. The topological polar surface area (TPSA) is 78.0 Å². The molecule has 3 N–H and O–H groups in total. The largest absolute Gasteiger partial charge is 0.453 e. The summed E-state index contributed by atoms with van der Waals surface area (Å²) in [5, 5.41) is 10.9. The van der Waals surface area contributed by atoms with Crippen molar-refractivity contribution in [1.82, 2.24) is 20.9 Å². The molecule has 8 heteroatoms. The van der Waals surface area contributed by atoms with Crippen molar-refractivity contribution in [2.75, 3.05) is 33.3 Å². The number of methoxy groups -OCH3 is 1. The van der Waals surface area contributed by atoms with Crippen LogP contribution in [0, 0.1) is 0 Å². The number of ether oxygens (including phenoxy) is 1. The highest BCUT2D eigenvalue weighted by Crippen LogP contribution is 2.32. The molecule has 1 aliphatic heterocycles. The van der Waals surface area contributed by atoms with Gasteiger partial charge in [0.15, 0.2) is 5.96 Å². The van der Waals surface area contributed by atoms with Crippen LogP contribution in [0.25, 0.3) is 0 Å². The molecule has 1 amide bonds. The van der Waals surface area contributed by atoms with Gasteiger partial charge in [0.1, 0.15) is 0 Å². The third kappa shape index (κ3) is 7.50. The summed E-state index contributed by atoms with van der Waals surface area (Å²) in [6, 6.07) is 11.3. The molecule has 3 rings (SSSR count). The average Bonchev–Trinajstić information content (AvgIpc) is 3.26. The number of likely N-dealkylation sites (tertiary alicyclic amines) is 1. The summed E-state index contributed by atoms with van der Waals surface area (Å²) in [6.45, 7) is 7.36. The Morgan fingerprint density at radius 3 is 2.47 bits per heavy atom. The van der Waals surface area contributed by atoms with Gasteiger partial charge in [-0.2, -0.15) is 0 Å². The zero-order valence-corrected chi connectivity index (χ0v) is 22.1. The molecular formula is C24H40IN5O2. The summed E-state index contributed by atoms with van der Waals surface area (Å²) in [4.78, 5) is 18.5. The van der Waals surface area contributed by atoms with Crippen molar-refractivity contribution in [1.29, 1.82) is 0 Å². The molecule has 1 aromatic rings. The smallest absolute Gasteiger partial charge is 0.409 e. The number of amides is 1. The van der Waals surface area contributed by atoms with E-state index in [0.717, 1.165) is 44.7 Å². The molecule has 32 heavy (non-hydrogen) atoms. The van der Waals surface area contributed by atoms with Crippen LogP contribution in [0.1, 0.15) is 64.0 Å². The molecule has 1 saturated heterocycles. The van der Waals surface area contributed by atoms with Gasteiger partial charge < -0.3 is 25.6 Å². The van der Waals surface area contributed by atoms with E-state index in [4.69, 9.17) is 9.73 Å². The second-order valence-electron chi connectivity index (χ2n) is 8.84. The fourth-order valence-corrected chi connectivity index (χ4v) is 4.76. The van der Waals surface area contributed by atoms with E-state index in [1.54, 1.807) is 4.90 Å². The molecule has 0 radical (unpaired) electrons. The minimum atomic E-state index is -0.235. The summed E-state index contributed by atoms with van der Waals surface area (Å²) in [6.07, 6.45) is 6.37. The molecule has 0 bridgehead atoms. The first-order valence-corrected chi connectivity index (χ1v) is 11.8. The molecule has 1 atom stereocenters. The predicted molar refractivity (Wildman–Crippen MR) is 141 cm³/mol. The maximum Gasteiger partial charge on any atom is 0.409 e. The average molecular weight is 558 g/mol. The summed E-state index contributed by atoms with van der Waals surface area (Å²) < 4.78 is 4.84. The number of carbonyl (C=O) groups is 1. The molecular weight excluding hydrogens is 517 g/mol. The lowest BCUT2D eigenvalue weighted by molar-refractivity contribution is 0.111. The third-order valence-electron chi connectivity index (χ3n) is 6.54. The lowest BCUT2D eigenvalue weighted by atomic mass is 9.95. The number of rotatable bonds is 7. The van der Waals surface area contributed by atoms with Crippen LogP contribution in [-0.2, 0) is 4.74 Å². The molecule has 1 aliphatic carbocycles. The minimum absolute atomic E-state index is 0. The van der Waals surface area contributed by atoms with Crippen LogP contribution < -0.4 is 16.0 Å². The van der Waals surface area contributed by atoms with Crippen LogP contribution in [0.3, 0.4) is 0 Å². The van der Waals surface area contributed by atoms with Gasteiger partial charge in [0.2, 0.25) is 0 Å². The molecule has 1 aromatic carbocycles. The van der Waals surface area contributed by atoms with Crippen molar-refractivity contribution in [3.05, 3.63) is 35.9 Å². The van der Waals surface area contributed by atoms with Crippen molar-refractivity contribution in [3.8, 4) is 0 Å². The lowest BCUT2D eigenvalue weighted by Gasteiger charge is -2.34. The first-order chi connectivity index (χ1) is 15.0. The van der Waals surface area contributed by atoms with Gasteiger partial charge in [-0.1, -0.05) is 43.2 Å². The summed E-state index contributed by atoms with van der Waals surface area (Å²) in [5.74, 6) is 0.874. The minimum Gasteiger partial charge on any atom is -0.453 e. The van der Waals surface area contributed by atoms with Gasteiger partial charge in [0, 0.05) is 37.3 Å². The van der Waals surface area contributed by atoms with Crippen LogP contribution in [0.5, 0.6) is 0 Å². The van der Waals surface area contributed by atoms with Crippen molar-refractivity contribution < 1.29 is 9.53 Å². The van der Waals surface area contributed by atoms with Crippen molar-refractivity contribution in [2.45, 2.75) is 70.0 Å². The van der Waals surface area contributed by atoms with Crippen LogP contribution in [0.2, 0.25) is 0 Å². The summed E-state index contributed by atoms with van der Waals surface area (Å²) in [5.41, 5.74) is 1.37. The zero-order valence-electron chi connectivity index (χ0n) is 19.7. The Morgan fingerprint density at radius 1 is 1.22 bits per heavy atom. The van der Waals surface area contributed by atoms with Gasteiger partial charge in [-0.25, -0.2) is 4.79 Å². The number of halogens is 1. The Hall–Kier alpha value is -1.55. The fraction of sp³-hybridized carbons (Fsp3) is 0.667. The molecule has 0 aromatic heterocycles. The number of aliphatic imine (C=N–C) groups is 1.